The minimum atomic E-state index is -0.208. The highest BCUT2D eigenvalue weighted by Crippen LogP contribution is 2.26. The summed E-state index contributed by atoms with van der Waals surface area (Å²) >= 11 is 1.15. The Morgan fingerprint density at radius 3 is 3.00 bits per heavy atom. The number of aromatic nitrogens is 3. The highest BCUT2D eigenvalue weighted by Gasteiger charge is 2.09. The Morgan fingerprint density at radius 1 is 1.50 bits per heavy atom. The lowest BCUT2D eigenvalue weighted by Crippen LogP contribution is -2.10. The minimum Gasteiger partial charge on any atom is -0.397 e. The third kappa shape index (κ3) is 3.36. The number of aryl methyl sites for hydroxylation is 1. The van der Waals surface area contributed by atoms with Crippen LogP contribution < -0.4 is 11.3 Å². The summed E-state index contributed by atoms with van der Waals surface area (Å²) in [5.41, 5.74) is 6.89. The summed E-state index contributed by atoms with van der Waals surface area (Å²) in [4.78, 5) is 22.7. The van der Waals surface area contributed by atoms with Crippen molar-refractivity contribution in [2.45, 2.75) is 29.9 Å². The zero-order valence-electron chi connectivity index (χ0n) is 10.9. The van der Waals surface area contributed by atoms with Gasteiger partial charge < -0.3 is 10.7 Å². The first-order valence-corrected chi connectivity index (χ1v) is 6.87. The molecule has 0 saturated carbocycles. The van der Waals surface area contributed by atoms with Gasteiger partial charge >= 0.3 is 0 Å². The number of aromatic amines is 1. The van der Waals surface area contributed by atoms with Gasteiger partial charge in [0.15, 0.2) is 5.16 Å². The van der Waals surface area contributed by atoms with Crippen LogP contribution in [0.1, 0.15) is 24.6 Å². The van der Waals surface area contributed by atoms with Crippen molar-refractivity contribution in [1.29, 1.82) is 5.26 Å². The van der Waals surface area contributed by atoms with Crippen molar-refractivity contribution in [3.8, 4) is 6.07 Å². The number of hydrogen-bond donors (Lipinski definition) is 2. The Kier molecular flexibility index (Phi) is 4.38. The second kappa shape index (κ2) is 6.21. The molecule has 0 aliphatic rings. The smallest absolute Gasteiger partial charge is 0.251 e. The van der Waals surface area contributed by atoms with Crippen molar-refractivity contribution in [2.24, 2.45) is 0 Å². The Hall–Kier alpha value is -2.33. The molecule has 0 amide bonds. The number of nitrogens with zero attached hydrogens (tertiary/aromatic N) is 3. The maximum absolute atomic E-state index is 11.6. The van der Waals surface area contributed by atoms with Crippen LogP contribution in [0.25, 0.3) is 0 Å². The lowest BCUT2D eigenvalue weighted by Gasteiger charge is -2.04. The number of nitrogens with one attached hydrogen (secondary N) is 1. The van der Waals surface area contributed by atoms with Crippen molar-refractivity contribution in [3.63, 3.8) is 0 Å². The number of nitrogens with two attached hydrogens (primary N) is 1. The molecule has 0 aromatic carbocycles. The standard InChI is InChI=1S/C13H13N5OS/c1-2-3-10-5-11(19)18-13(17-10)20-12-8(6-14)4-9(15)7-16-12/h4-5,7H,2-3,15H2,1H3,(H,17,18,19). The van der Waals surface area contributed by atoms with Gasteiger partial charge in [0, 0.05) is 11.8 Å². The second-order valence-corrected chi connectivity index (χ2v) is 5.10. The molecule has 0 atom stereocenters. The van der Waals surface area contributed by atoms with Crippen LogP contribution in [-0.2, 0) is 6.42 Å². The van der Waals surface area contributed by atoms with Crippen LogP contribution in [-0.4, -0.2) is 15.0 Å². The molecule has 7 heteroatoms. The van der Waals surface area contributed by atoms with Gasteiger partial charge in [0.1, 0.15) is 11.1 Å². The van der Waals surface area contributed by atoms with E-state index in [2.05, 4.69) is 15.0 Å². The molecular formula is C13H13N5OS. The van der Waals surface area contributed by atoms with Crippen LogP contribution >= 0.6 is 11.8 Å². The molecule has 0 bridgehead atoms. The molecule has 6 nitrogen and oxygen atoms in total. The van der Waals surface area contributed by atoms with E-state index in [-0.39, 0.29) is 5.56 Å². The largest absolute Gasteiger partial charge is 0.397 e. The van der Waals surface area contributed by atoms with Crippen molar-refractivity contribution in [1.82, 2.24) is 15.0 Å². The Morgan fingerprint density at radius 2 is 2.30 bits per heavy atom. The molecule has 0 unspecified atom stereocenters. The monoisotopic (exact) mass is 287 g/mol. The summed E-state index contributed by atoms with van der Waals surface area (Å²) < 4.78 is 0. The number of nitrogen functional groups attached to an aromatic ring is 1. The summed E-state index contributed by atoms with van der Waals surface area (Å²) in [6, 6.07) is 5.05. The maximum Gasteiger partial charge on any atom is 0.251 e. The van der Waals surface area contributed by atoms with E-state index in [1.54, 1.807) is 6.07 Å². The van der Waals surface area contributed by atoms with Gasteiger partial charge in [-0.15, -0.1) is 0 Å². The molecule has 2 aromatic rings. The fourth-order valence-corrected chi connectivity index (χ4v) is 2.45. The number of pyridine rings is 1. The van der Waals surface area contributed by atoms with Crippen LogP contribution in [0.2, 0.25) is 0 Å². The number of rotatable bonds is 4. The first-order chi connectivity index (χ1) is 9.62. The Labute approximate surface area is 120 Å². The Bertz CT molecular complexity index is 719. The highest BCUT2D eigenvalue weighted by molar-refractivity contribution is 7.99. The molecule has 2 rings (SSSR count). The van der Waals surface area contributed by atoms with E-state index in [4.69, 9.17) is 11.0 Å². The zero-order valence-corrected chi connectivity index (χ0v) is 11.7. The van der Waals surface area contributed by atoms with Crippen LogP contribution in [0.3, 0.4) is 0 Å². The fraction of sp³-hybridized carbons (Fsp3) is 0.231. The summed E-state index contributed by atoms with van der Waals surface area (Å²) in [6.45, 7) is 2.02. The number of H-pyrrole nitrogens is 1. The maximum atomic E-state index is 11.6. The number of hydrogen-bond acceptors (Lipinski definition) is 6. The third-order valence-corrected chi connectivity index (χ3v) is 3.37. The molecule has 20 heavy (non-hydrogen) atoms. The lowest BCUT2D eigenvalue weighted by atomic mass is 10.2. The topological polar surface area (TPSA) is 108 Å². The number of nitriles is 1. The van der Waals surface area contributed by atoms with Gasteiger partial charge in [0.25, 0.3) is 5.56 Å². The van der Waals surface area contributed by atoms with Gasteiger partial charge in [0.2, 0.25) is 0 Å². The van der Waals surface area contributed by atoms with Crippen LogP contribution in [0, 0.1) is 11.3 Å². The SMILES string of the molecule is CCCc1cc(=O)[nH]c(Sc2ncc(N)cc2C#N)n1. The lowest BCUT2D eigenvalue weighted by molar-refractivity contribution is 0.815. The molecule has 0 spiro atoms. The van der Waals surface area contributed by atoms with E-state index < -0.39 is 0 Å². The molecule has 3 N–H and O–H groups in total. The first-order valence-electron chi connectivity index (χ1n) is 6.06. The Balaban J connectivity index is 2.35. The van der Waals surface area contributed by atoms with E-state index >= 15 is 0 Å². The molecule has 2 heterocycles. The zero-order chi connectivity index (χ0) is 14.5. The van der Waals surface area contributed by atoms with Gasteiger partial charge in [-0.1, -0.05) is 13.3 Å². The average molecular weight is 287 g/mol. The molecule has 2 aromatic heterocycles. The molecule has 0 saturated heterocycles. The van der Waals surface area contributed by atoms with E-state index in [1.807, 2.05) is 13.0 Å². The predicted molar refractivity (Wildman–Crippen MR) is 76.3 cm³/mol. The van der Waals surface area contributed by atoms with Gasteiger partial charge in [-0.25, -0.2) is 9.97 Å². The molecule has 0 aliphatic carbocycles. The van der Waals surface area contributed by atoms with E-state index in [1.165, 1.54) is 12.3 Å². The van der Waals surface area contributed by atoms with Crippen LogP contribution in [0.15, 0.2) is 33.3 Å². The second-order valence-electron chi connectivity index (χ2n) is 4.13. The van der Waals surface area contributed by atoms with E-state index in [0.717, 1.165) is 30.3 Å². The molecule has 0 aliphatic heterocycles. The third-order valence-electron chi connectivity index (χ3n) is 2.47. The molecule has 0 radical (unpaired) electrons. The first kappa shape index (κ1) is 14.1. The number of anilines is 1. The fourth-order valence-electron chi connectivity index (χ4n) is 1.64. The molecular weight excluding hydrogens is 274 g/mol. The molecule has 0 fully saturated rings. The van der Waals surface area contributed by atoms with Crippen molar-refractivity contribution < 1.29 is 0 Å². The van der Waals surface area contributed by atoms with E-state index in [9.17, 15) is 4.79 Å². The summed E-state index contributed by atoms with van der Waals surface area (Å²) in [7, 11) is 0. The normalized spacial score (nSPS) is 10.2. The van der Waals surface area contributed by atoms with Gasteiger partial charge in [-0.2, -0.15) is 5.26 Å². The predicted octanol–water partition coefficient (Wildman–Crippen LogP) is 1.72. The summed E-state index contributed by atoms with van der Waals surface area (Å²) in [6.07, 6.45) is 3.11. The van der Waals surface area contributed by atoms with Crippen molar-refractivity contribution in [3.05, 3.63) is 39.9 Å². The van der Waals surface area contributed by atoms with Gasteiger partial charge in [0.05, 0.1) is 17.4 Å². The molecule has 102 valence electrons. The summed E-state index contributed by atoms with van der Waals surface area (Å²) in [5, 5.41) is 9.96. The van der Waals surface area contributed by atoms with Crippen molar-refractivity contribution >= 4 is 17.4 Å². The summed E-state index contributed by atoms with van der Waals surface area (Å²) in [5.74, 6) is 0. The van der Waals surface area contributed by atoms with Gasteiger partial charge in [-0.05, 0) is 24.2 Å². The van der Waals surface area contributed by atoms with Crippen LogP contribution in [0.5, 0.6) is 0 Å². The van der Waals surface area contributed by atoms with Crippen molar-refractivity contribution in [2.75, 3.05) is 5.73 Å². The van der Waals surface area contributed by atoms with Gasteiger partial charge in [-0.3, -0.25) is 4.79 Å². The van der Waals surface area contributed by atoms with Crippen LogP contribution in [0.4, 0.5) is 5.69 Å². The highest BCUT2D eigenvalue weighted by atomic mass is 32.2. The average Bonchev–Trinajstić information content (AvgIpc) is 2.40. The van der Waals surface area contributed by atoms with E-state index in [0.29, 0.717) is 21.4 Å². The quantitative estimate of drug-likeness (QED) is 0.829. The minimum absolute atomic E-state index is 0.208.